The molecule has 2 rings (SSSR count). The predicted octanol–water partition coefficient (Wildman–Crippen LogP) is 1.29. The number of carbonyl (C=O) groups excluding carboxylic acids is 1. The monoisotopic (exact) mass is 220 g/mol. The van der Waals surface area contributed by atoms with Gasteiger partial charge in [-0.15, -0.1) is 0 Å². The Kier molecular flexibility index (Phi) is 3.08. The van der Waals surface area contributed by atoms with E-state index in [0.29, 0.717) is 5.69 Å². The number of carbonyl (C=O) groups is 1. The summed E-state index contributed by atoms with van der Waals surface area (Å²) in [5, 5.41) is 2.89. The molecule has 86 valence electrons. The van der Waals surface area contributed by atoms with Crippen LogP contribution in [0.25, 0.3) is 0 Å². The van der Waals surface area contributed by atoms with Crippen LogP contribution in [0.3, 0.4) is 0 Å². The van der Waals surface area contributed by atoms with Crippen LogP contribution in [0.5, 0.6) is 0 Å². The van der Waals surface area contributed by atoms with Crippen LogP contribution in [0.1, 0.15) is 36.7 Å². The SMILES string of the molecule is CC(CC1CC1)NC(=O)c1cccc(=O)[nH]1. The van der Waals surface area contributed by atoms with E-state index < -0.39 is 0 Å². The van der Waals surface area contributed by atoms with Crippen LogP contribution in [-0.4, -0.2) is 16.9 Å². The second-order valence-corrected chi connectivity index (χ2v) is 4.48. The molecule has 1 atom stereocenters. The van der Waals surface area contributed by atoms with Crippen molar-refractivity contribution in [3.8, 4) is 0 Å². The largest absolute Gasteiger partial charge is 0.348 e. The first-order valence-corrected chi connectivity index (χ1v) is 5.65. The van der Waals surface area contributed by atoms with Gasteiger partial charge in [-0.25, -0.2) is 0 Å². The second-order valence-electron chi connectivity index (χ2n) is 4.48. The molecule has 2 N–H and O–H groups in total. The number of hydrogen-bond acceptors (Lipinski definition) is 2. The van der Waals surface area contributed by atoms with Gasteiger partial charge in [0.25, 0.3) is 5.91 Å². The first kappa shape index (κ1) is 10.9. The molecule has 0 radical (unpaired) electrons. The average Bonchev–Trinajstić information content (AvgIpc) is 3.01. The maximum atomic E-state index is 11.7. The fourth-order valence-corrected chi connectivity index (χ4v) is 1.79. The van der Waals surface area contributed by atoms with Gasteiger partial charge in [-0.05, 0) is 25.3 Å². The van der Waals surface area contributed by atoms with Crippen molar-refractivity contribution in [3.05, 3.63) is 34.2 Å². The number of rotatable bonds is 4. The molecule has 1 saturated carbocycles. The molecule has 0 aromatic carbocycles. The van der Waals surface area contributed by atoms with E-state index in [1.807, 2.05) is 6.92 Å². The standard InChI is InChI=1S/C12H16N2O2/c1-8(7-9-5-6-9)13-12(16)10-3-2-4-11(15)14-10/h2-4,8-9H,5-7H2,1H3,(H,13,16)(H,14,15). The highest BCUT2D eigenvalue weighted by atomic mass is 16.2. The van der Waals surface area contributed by atoms with Crippen LogP contribution in [0.2, 0.25) is 0 Å². The molecule has 1 heterocycles. The molecule has 1 amide bonds. The summed E-state index contributed by atoms with van der Waals surface area (Å²) >= 11 is 0. The van der Waals surface area contributed by atoms with Crippen molar-refractivity contribution < 1.29 is 4.79 Å². The van der Waals surface area contributed by atoms with Crippen molar-refractivity contribution in [2.75, 3.05) is 0 Å². The van der Waals surface area contributed by atoms with E-state index in [-0.39, 0.29) is 17.5 Å². The van der Waals surface area contributed by atoms with Gasteiger partial charge in [-0.1, -0.05) is 18.9 Å². The van der Waals surface area contributed by atoms with E-state index in [9.17, 15) is 9.59 Å². The quantitative estimate of drug-likeness (QED) is 0.803. The summed E-state index contributed by atoms with van der Waals surface area (Å²) in [4.78, 5) is 25.3. The summed E-state index contributed by atoms with van der Waals surface area (Å²) in [6, 6.07) is 4.76. The maximum absolute atomic E-state index is 11.7. The van der Waals surface area contributed by atoms with Crippen LogP contribution in [0.4, 0.5) is 0 Å². The third-order valence-electron chi connectivity index (χ3n) is 2.77. The van der Waals surface area contributed by atoms with Gasteiger partial charge in [0, 0.05) is 12.1 Å². The zero-order valence-corrected chi connectivity index (χ0v) is 9.32. The van der Waals surface area contributed by atoms with Crippen molar-refractivity contribution in [1.82, 2.24) is 10.3 Å². The van der Waals surface area contributed by atoms with Crippen molar-refractivity contribution in [2.24, 2.45) is 5.92 Å². The van der Waals surface area contributed by atoms with E-state index in [1.165, 1.54) is 18.9 Å². The summed E-state index contributed by atoms with van der Waals surface area (Å²) in [5.74, 6) is 0.580. The Morgan fingerprint density at radius 3 is 2.94 bits per heavy atom. The molecule has 1 aliphatic rings. The van der Waals surface area contributed by atoms with Crippen molar-refractivity contribution >= 4 is 5.91 Å². The Hall–Kier alpha value is -1.58. The number of pyridine rings is 1. The molecule has 1 aromatic rings. The topological polar surface area (TPSA) is 62.0 Å². The Balaban J connectivity index is 1.93. The third kappa shape index (κ3) is 2.95. The molecule has 1 unspecified atom stereocenters. The minimum absolute atomic E-state index is 0.170. The fourth-order valence-electron chi connectivity index (χ4n) is 1.79. The van der Waals surface area contributed by atoms with Crippen molar-refractivity contribution in [1.29, 1.82) is 0 Å². The van der Waals surface area contributed by atoms with Crippen LogP contribution in [0, 0.1) is 5.92 Å². The number of amides is 1. The zero-order chi connectivity index (χ0) is 11.5. The summed E-state index contributed by atoms with van der Waals surface area (Å²) in [7, 11) is 0. The molecule has 1 fully saturated rings. The van der Waals surface area contributed by atoms with Crippen molar-refractivity contribution in [3.63, 3.8) is 0 Å². The molecule has 0 saturated heterocycles. The number of H-pyrrole nitrogens is 1. The molecule has 0 spiro atoms. The highest BCUT2D eigenvalue weighted by Gasteiger charge is 2.24. The number of hydrogen-bond donors (Lipinski definition) is 2. The fraction of sp³-hybridized carbons (Fsp3) is 0.500. The van der Waals surface area contributed by atoms with Gasteiger partial charge < -0.3 is 10.3 Å². The number of aromatic amines is 1. The summed E-state index contributed by atoms with van der Waals surface area (Å²) in [6.07, 6.45) is 3.59. The first-order valence-electron chi connectivity index (χ1n) is 5.65. The van der Waals surface area contributed by atoms with E-state index in [0.717, 1.165) is 12.3 Å². The number of aromatic nitrogens is 1. The van der Waals surface area contributed by atoms with Gasteiger partial charge in [0.1, 0.15) is 5.69 Å². The maximum Gasteiger partial charge on any atom is 0.268 e. The van der Waals surface area contributed by atoms with Crippen LogP contribution < -0.4 is 10.9 Å². The van der Waals surface area contributed by atoms with Gasteiger partial charge in [0.2, 0.25) is 5.56 Å². The molecular formula is C12H16N2O2. The smallest absolute Gasteiger partial charge is 0.268 e. The lowest BCUT2D eigenvalue weighted by Gasteiger charge is -2.12. The minimum atomic E-state index is -0.248. The Morgan fingerprint density at radius 2 is 2.31 bits per heavy atom. The Bertz CT molecular complexity index is 435. The lowest BCUT2D eigenvalue weighted by Crippen LogP contribution is -2.34. The van der Waals surface area contributed by atoms with Crippen molar-refractivity contribution in [2.45, 2.75) is 32.2 Å². The van der Waals surface area contributed by atoms with Gasteiger partial charge in [-0.2, -0.15) is 0 Å². The highest BCUT2D eigenvalue weighted by molar-refractivity contribution is 5.92. The molecule has 0 bridgehead atoms. The third-order valence-corrected chi connectivity index (χ3v) is 2.77. The molecular weight excluding hydrogens is 204 g/mol. The normalized spacial score (nSPS) is 16.8. The van der Waals surface area contributed by atoms with Gasteiger partial charge in [0.05, 0.1) is 0 Å². The lowest BCUT2D eigenvalue weighted by molar-refractivity contribution is 0.0932. The zero-order valence-electron chi connectivity index (χ0n) is 9.32. The minimum Gasteiger partial charge on any atom is -0.348 e. The summed E-state index contributed by atoms with van der Waals surface area (Å²) < 4.78 is 0. The molecule has 16 heavy (non-hydrogen) atoms. The molecule has 1 aliphatic carbocycles. The molecule has 4 heteroatoms. The van der Waals surface area contributed by atoms with Crippen LogP contribution >= 0.6 is 0 Å². The summed E-state index contributed by atoms with van der Waals surface area (Å²) in [6.45, 7) is 2.00. The van der Waals surface area contributed by atoms with Crippen LogP contribution in [-0.2, 0) is 0 Å². The number of nitrogens with one attached hydrogen (secondary N) is 2. The molecule has 4 nitrogen and oxygen atoms in total. The van der Waals surface area contributed by atoms with Gasteiger partial charge in [-0.3, -0.25) is 9.59 Å². The highest BCUT2D eigenvalue weighted by Crippen LogP contribution is 2.33. The predicted molar refractivity (Wildman–Crippen MR) is 61.3 cm³/mol. The Morgan fingerprint density at radius 1 is 1.56 bits per heavy atom. The average molecular weight is 220 g/mol. The van der Waals surface area contributed by atoms with Gasteiger partial charge in [0.15, 0.2) is 0 Å². The Labute approximate surface area is 94.1 Å². The lowest BCUT2D eigenvalue weighted by atomic mass is 10.1. The van der Waals surface area contributed by atoms with E-state index in [2.05, 4.69) is 10.3 Å². The molecule has 0 aliphatic heterocycles. The van der Waals surface area contributed by atoms with Gasteiger partial charge >= 0.3 is 0 Å². The van der Waals surface area contributed by atoms with E-state index >= 15 is 0 Å². The van der Waals surface area contributed by atoms with E-state index in [1.54, 1.807) is 12.1 Å². The van der Waals surface area contributed by atoms with Crippen LogP contribution in [0.15, 0.2) is 23.0 Å². The first-order chi connectivity index (χ1) is 7.65. The van der Waals surface area contributed by atoms with E-state index in [4.69, 9.17) is 0 Å². The second kappa shape index (κ2) is 4.51. The molecule has 1 aromatic heterocycles. The summed E-state index contributed by atoms with van der Waals surface area (Å²) in [5.41, 5.74) is 0.0812.